The first-order valence-electron chi connectivity index (χ1n) is 6.83. The first-order valence-corrected chi connectivity index (χ1v) is 8.03. The second-order valence-electron chi connectivity index (χ2n) is 4.90. The minimum absolute atomic E-state index is 0.180. The number of benzene rings is 1. The van der Waals surface area contributed by atoms with Gasteiger partial charge >= 0.3 is 6.18 Å². The third-order valence-electron chi connectivity index (χ3n) is 3.24. The summed E-state index contributed by atoms with van der Waals surface area (Å²) < 4.78 is 38.8. The van der Waals surface area contributed by atoms with E-state index in [4.69, 9.17) is 17.3 Å². The lowest BCUT2D eigenvalue weighted by molar-refractivity contribution is -0.137. The van der Waals surface area contributed by atoms with E-state index in [1.807, 2.05) is 6.07 Å². The number of nitrogens with one attached hydrogen (secondary N) is 1. The minimum atomic E-state index is -4.56. The van der Waals surface area contributed by atoms with Gasteiger partial charge in [0, 0.05) is 10.6 Å². The van der Waals surface area contributed by atoms with Crippen LogP contribution in [0.3, 0.4) is 0 Å². The molecule has 24 heavy (non-hydrogen) atoms. The summed E-state index contributed by atoms with van der Waals surface area (Å²) >= 11 is 6.84. The third kappa shape index (κ3) is 3.83. The van der Waals surface area contributed by atoms with Crippen LogP contribution in [0.2, 0.25) is 5.02 Å². The van der Waals surface area contributed by atoms with E-state index >= 15 is 0 Å². The van der Waals surface area contributed by atoms with Gasteiger partial charge in [-0.1, -0.05) is 17.7 Å². The third-order valence-corrected chi connectivity index (χ3v) is 4.75. The fraction of sp³-hybridized carbons (Fsp3) is 0.188. The van der Waals surface area contributed by atoms with Crippen LogP contribution in [-0.4, -0.2) is 0 Å². The molecule has 8 heteroatoms. The first-order chi connectivity index (χ1) is 11.3. The Morgan fingerprint density at radius 3 is 2.71 bits per heavy atom. The maximum absolute atomic E-state index is 12.9. The van der Waals surface area contributed by atoms with Crippen molar-refractivity contribution in [1.29, 1.82) is 5.26 Å². The number of halogens is 4. The number of aryl methyl sites for hydroxylation is 1. The molecule has 2 aromatic rings. The number of nitriles is 1. The van der Waals surface area contributed by atoms with Crippen molar-refractivity contribution in [3.63, 3.8) is 0 Å². The molecule has 0 fully saturated rings. The Hall–Kier alpha value is -2.17. The number of hydrogen-bond acceptors (Lipinski definition) is 4. The van der Waals surface area contributed by atoms with E-state index in [-0.39, 0.29) is 16.3 Å². The molecule has 1 aromatic carbocycles. The van der Waals surface area contributed by atoms with Crippen LogP contribution in [0.4, 0.5) is 29.5 Å². The van der Waals surface area contributed by atoms with E-state index < -0.39 is 11.7 Å². The number of nitrogen functional groups attached to an aromatic ring is 1. The van der Waals surface area contributed by atoms with Gasteiger partial charge in [0.25, 0.3) is 0 Å². The van der Waals surface area contributed by atoms with Gasteiger partial charge in [-0.2, -0.15) is 18.4 Å². The highest BCUT2D eigenvalue weighted by atomic mass is 35.5. The van der Waals surface area contributed by atoms with Crippen LogP contribution in [-0.2, 0) is 12.6 Å². The molecule has 0 unspecified atom stereocenters. The highest BCUT2D eigenvalue weighted by Crippen LogP contribution is 2.40. The van der Waals surface area contributed by atoms with Crippen molar-refractivity contribution >= 4 is 39.3 Å². The van der Waals surface area contributed by atoms with Crippen molar-refractivity contribution in [2.24, 2.45) is 0 Å². The van der Waals surface area contributed by atoms with Crippen LogP contribution < -0.4 is 11.1 Å². The van der Waals surface area contributed by atoms with E-state index in [1.54, 1.807) is 6.08 Å². The Bertz CT molecular complexity index is 806. The molecule has 1 heterocycles. The molecule has 0 aliphatic carbocycles. The van der Waals surface area contributed by atoms with Crippen molar-refractivity contribution < 1.29 is 13.2 Å². The van der Waals surface area contributed by atoms with Crippen LogP contribution in [0.25, 0.3) is 0 Å². The Morgan fingerprint density at radius 1 is 1.42 bits per heavy atom. The maximum atomic E-state index is 12.9. The molecule has 0 spiro atoms. The Balaban J connectivity index is 2.38. The van der Waals surface area contributed by atoms with Crippen LogP contribution in [0.15, 0.2) is 30.9 Å². The smallest absolute Gasteiger partial charge is 0.397 e. The fourth-order valence-corrected chi connectivity index (χ4v) is 3.39. The average molecular weight is 372 g/mol. The predicted molar refractivity (Wildman–Crippen MR) is 91.7 cm³/mol. The second-order valence-corrected chi connectivity index (χ2v) is 6.41. The molecule has 0 saturated heterocycles. The summed E-state index contributed by atoms with van der Waals surface area (Å²) in [6, 6.07) is 5.47. The largest absolute Gasteiger partial charge is 0.417 e. The monoisotopic (exact) mass is 371 g/mol. The standard InChI is InChI=1S/C16H13ClF3N3S/c1-2-3-4-13-14(22)10(8-21)15(24-13)23-9-5-6-12(17)11(7-9)16(18,19)20/h2,5-7,23H,1,3-4,22H2. The lowest BCUT2D eigenvalue weighted by Crippen LogP contribution is -2.06. The molecule has 0 atom stereocenters. The van der Waals surface area contributed by atoms with Crippen molar-refractivity contribution in [3.8, 4) is 6.07 Å². The molecule has 0 aliphatic rings. The summed E-state index contributed by atoms with van der Waals surface area (Å²) in [5.41, 5.74) is 5.75. The van der Waals surface area contributed by atoms with Gasteiger partial charge < -0.3 is 11.1 Å². The van der Waals surface area contributed by atoms with Gasteiger partial charge in [0.1, 0.15) is 16.6 Å². The quantitative estimate of drug-likeness (QED) is 0.659. The molecule has 3 N–H and O–H groups in total. The number of rotatable bonds is 5. The molecule has 0 amide bonds. The summed E-state index contributed by atoms with van der Waals surface area (Å²) in [6.45, 7) is 3.63. The highest BCUT2D eigenvalue weighted by molar-refractivity contribution is 7.17. The molecule has 126 valence electrons. The average Bonchev–Trinajstić information content (AvgIpc) is 2.81. The molecule has 1 aromatic heterocycles. The molecular weight excluding hydrogens is 359 g/mol. The van der Waals surface area contributed by atoms with E-state index in [2.05, 4.69) is 11.9 Å². The maximum Gasteiger partial charge on any atom is 0.417 e. The molecule has 0 aliphatic heterocycles. The normalized spacial score (nSPS) is 11.1. The van der Waals surface area contributed by atoms with Crippen LogP contribution in [0, 0.1) is 11.3 Å². The van der Waals surface area contributed by atoms with Gasteiger partial charge in [0.15, 0.2) is 0 Å². The van der Waals surface area contributed by atoms with Crippen LogP contribution in [0.5, 0.6) is 0 Å². The van der Waals surface area contributed by atoms with Gasteiger partial charge in [-0.05, 0) is 31.0 Å². The summed E-state index contributed by atoms with van der Waals surface area (Å²) in [6.07, 6.45) is -1.53. The van der Waals surface area contributed by atoms with Gasteiger partial charge in [0.05, 0.1) is 16.3 Å². The Morgan fingerprint density at radius 2 is 2.12 bits per heavy atom. The summed E-state index contributed by atoms with van der Waals surface area (Å²) in [5.74, 6) is 0. The zero-order valence-electron chi connectivity index (χ0n) is 12.4. The molecular formula is C16H13ClF3N3S. The van der Waals surface area contributed by atoms with Crippen molar-refractivity contribution in [1.82, 2.24) is 0 Å². The van der Waals surface area contributed by atoms with Gasteiger partial charge in [-0.15, -0.1) is 17.9 Å². The van der Waals surface area contributed by atoms with E-state index in [0.717, 1.165) is 17.0 Å². The molecule has 3 nitrogen and oxygen atoms in total. The van der Waals surface area contributed by atoms with Crippen molar-refractivity contribution in [2.45, 2.75) is 19.0 Å². The summed E-state index contributed by atoms with van der Waals surface area (Å²) in [7, 11) is 0. The minimum Gasteiger partial charge on any atom is -0.397 e. The number of anilines is 3. The number of nitrogens with zero attached hydrogens (tertiary/aromatic N) is 1. The number of alkyl halides is 3. The Labute approximate surface area is 146 Å². The predicted octanol–water partition coefficient (Wildman–Crippen LogP) is 5.74. The molecule has 0 saturated carbocycles. The number of nitrogens with two attached hydrogens (primary N) is 1. The lowest BCUT2D eigenvalue weighted by Gasteiger charge is -2.11. The van der Waals surface area contributed by atoms with Crippen LogP contribution in [0.1, 0.15) is 22.4 Å². The van der Waals surface area contributed by atoms with E-state index in [1.165, 1.54) is 17.4 Å². The zero-order valence-corrected chi connectivity index (χ0v) is 13.9. The number of allylic oxidation sites excluding steroid dienone is 1. The summed E-state index contributed by atoms with van der Waals surface area (Å²) in [4.78, 5) is 0.791. The first kappa shape index (κ1) is 18.2. The Kier molecular flexibility index (Phi) is 5.42. The zero-order chi connectivity index (χ0) is 17.9. The summed E-state index contributed by atoms with van der Waals surface area (Å²) in [5, 5.41) is 12.1. The van der Waals surface area contributed by atoms with Gasteiger partial charge in [0.2, 0.25) is 0 Å². The fourth-order valence-electron chi connectivity index (χ4n) is 2.06. The lowest BCUT2D eigenvalue weighted by atomic mass is 10.1. The number of thiophene rings is 1. The molecule has 2 rings (SSSR count). The second kappa shape index (κ2) is 7.16. The van der Waals surface area contributed by atoms with E-state index in [0.29, 0.717) is 23.5 Å². The van der Waals surface area contributed by atoms with Crippen LogP contribution >= 0.6 is 22.9 Å². The highest BCUT2D eigenvalue weighted by Gasteiger charge is 2.33. The molecule has 0 bridgehead atoms. The van der Waals surface area contributed by atoms with Gasteiger partial charge in [-0.25, -0.2) is 0 Å². The van der Waals surface area contributed by atoms with Crippen molar-refractivity contribution in [3.05, 3.63) is 51.9 Å². The van der Waals surface area contributed by atoms with Gasteiger partial charge in [-0.3, -0.25) is 0 Å². The number of hydrogen-bond donors (Lipinski definition) is 2. The van der Waals surface area contributed by atoms with E-state index in [9.17, 15) is 18.4 Å². The van der Waals surface area contributed by atoms with Crippen molar-refractivity contribution in [2.75, 3.05) is 11.1 Å². The topological polar surface area (TPSA) is 61.8 Å². The molecule has 0 radical (unpaired) electrons. The SMILES string of the molecule is C=CCCc1sc(Nc2ccc(Cl)c(C(F)(F)F)c2)c(C#N)c1N.